The van der Waals surface area contributed by atoms with Gasteiger partial charge in [0.1, 0.15) is 0 Å². The highest BCUT2D eigenvalue weighted by molar-refractivity contribution is 5.55. The maximum Gasteiger partial charge on any atom is 0.204 e. The molecule has 0 saturated heterocycles. The molecule has 0 aliphatic carbocycles. The summed E-state index contributed by atoms with van der Waals surface area (Å²) in [5.41, 5.74) is 2.54. The Kier molecular flexibility index (Phi) is 7.91. The standard InChI is InChI=1S/C33H28N16/c1-5-13-25(14-6-1)29-34-42-46(38-29)21-33(22-47-39-30(35-43-47)26-15-7-2-8-16-26,23-48-40-31(36-44-48)27-17-9-3-10-18-27)24-49-41-32(37-45-49)28-19-11-4-12-20-28/h1-20H,21-24H2. The molecule has 240 valence electrons. The molecule has 0 spiro atoms. The molecule has 0 saturated carbocycles. The van der Waals surface area contributed by atoms with E-state index in [9.17, 15) is 0 Å². The molecular weight excluding hydrogens is 620 g/mol. The van der Waals surface area contributed by atoms with Crippen LogP contribution < -0.4 is 0 Å². The van der Waals surface area contributed by atoms with Crippen LogP contribution in [0.25, 0.3) is 45.6 Å². The minimum atomic E-state index is -0.855. The summed E-state index contributed by atoms with van der Waals surface area (Å²) in [4.78, 5) is 6.23. The Bertz CT molecular complexity index is 1920. The second-order valence-electron chi connectivity index (χ2n) is 11.5. The first-order valence-electron chi connectivity index (χ1n) is 15.5. The van der Waals surface area contributed by atoms with Crippen molar-refractivity contribution < 1.29 is 0 Å². The Labute approximate surface area is 279 Å². The van der Waals surface area contributed by atoms with Gasteiger partial charge in [0.05, 0.1) is 31.6 Å². The zero-order chi connectivity index (χ0) is 32.9. The zero-order valence-electron chi connectivity index (χ0n) is 26.0. The third kappa shape index (κ3) is 6.69. The largest absolute Gasteiger partial charge is 0.204 e. The first-order chi connectivity index (χ1) is 24.2. The summed E-state index contributed by atoms with van der Waals surface area (Å²) >= 11 is 0. The Morgan fingerprint density at radius 1 is 0.327 bits per heavy atom. The molecule has 0 fully saturated rings. The summed E-state index contributed by atoms with van der Waals surface area (Å²) in [6.45, 7) is 0.942. The number of hydrogen-bond acceptors (Lipinski definition) is 12. The number of rotatable bonds is 12. The smallest absolute Gasteiger partial charge is 0.163 e. The SMILES string of the molecule is c1ccc(-c2nnn(CC(Cn3nnc(-c4ccccc4)n3)(Cn3nnc(-c4ccccc4)n3)Cn3nnc(-c4ccccc4)n3)n2)cc1. The average molecular weight is 649 g/mol. The fourth-order valence-corrected chi connectivity index (χ4v) is 5.55. The maximum absolute atomic E-state index is 4.75. The van der Waals surface area contributed by atoms with E-state index >= 15 is 0 Å². The minimum absolute atomic E-state index is 0.236. The molecule has 0 aliphatic rings. The van der Waals surface area contributed by atoms with Gasteiger partial charge in [-0.05, 0) is 20.9 Å². The molecule has 0 aliphatic heterocycles. The molecule has 8 rings (SSSR count). The van der Waals surface area contributed by atoms with Crippen LogP contribution in [0.3, 0.4) is 0 Å². The van der Waals surface area contributed by atoms with Gasteiger partial charge in [0.2, 0.25) is 23.3 Å². The van der Waals surface area contributed by atoms with Gasteiger partial charge in [-0.15, -0.1) is 40.8 Å². The summed E-state index contributed by atoms with van der Waals surface area (Å²) in [5, 5.41) is 54.2. The molecule has 0 radical (unpaired) electrons. The third-order valence-electron chi connectivity index (χ3n) is 7.85. The molecular formula is C33H28N16. The molecule has 0 bridgehead atoms. The van der Waals surface area contributed by atoms with E-state index in [0.29, 0.717) is 23.3 Å². The van der Waals surface area contributed by atoms with Crippen LogP contribution in [0, 0.1) is 5.41 Å². The Balaban J connectivity index is 1.20. The molecule has 4 aromatic heterocycles. The predicted octanol–water partition coefficient (Wildman–Crippen LogP) is 3.39. The summed E-state index contributed by atoms with van der Waals surface area (Å²) in [7, 11) is 0. The van der Waals surface area contributed by atoms with Crippen molar-refractivity contribution in [2.75, 3.05) is 0 Å². The van der Waals surface area contributed by atoms with Gasteiger partial charge in [-0.1, -0.05) is 121 Å². The fourth-order valence-electron chi connectivity index (χ4n) is 5.55. The van der Waals surface area contributed by atoms with Crippen molar-refractivity contribution in [3.8, 4) is 45.6 Å². The van der Waals surface area contributed by atoms with Crippen LogP contribution in [0.1, 0.15) is 0 Å². The van der Waals surface area contributed by atoms with E-state index in [2.05, 4.69) is 41.2 Å². The molecule has 0 N–H and O–H groups in total. The molecule has 49 heavy (non-hydrogen) atoms. The summed E-state index contributed by atoms with van der Waals surface area (Å²) in [6, 6.07) is 38.7. The minimum Gasteiger partial charge on any atom is -0.163 e. The number of hydrogen-bond donors (Lipinski definition) is 0. The van der Waals surface area contributed by atoms with Crippen LogP contribution in [-0.4, -0.2) is 80.8 Å². The van der Waals surface area contributed by atoms with Crippen LogP contribution >= 0.6 is 0 Å². The predicted molar refractivity (Wildman–Crippen MR) is 175 cm³/mol. The van der Waals surface area contributed by atoms with Crippen molar-refractivity contribution in [2.45, 2.75) is 26.2 Å². The normalized spacial score (nSPS) is 11.6. The Morgan fingerprint density at radius 2 is 0.551 bits per heavy atom. The van der Waals surface area contributed by atoms with Crippen LogP contribution in [0.4, 0.5) is 0 Å². The Morgan fingerprint density at radius 3 is 0.776 bits per heavy atom. The zero-order valence-corrected chi connectivity index (χ0v) is 26.0. The van der Waals surface area contributed by atoms with Crippen LogP contribution in [0.2, 0.25) is 0 Å². The molecule has 4 aromatic carbocycles. The van der Waals surface area contributed by atoms with Crippen LogP contribution in [0.15, 0.2) is 121 Å². The van der Waals surface area contributed by atoms with Crippen molar-refractivity contribution in [1.82, 2.24) is 80.8 Å². The van der Waals surface area contributed by atoms with Gasteiger partial charge in [0.15, 0.2) is 0 Å². The van der Waals surface area contributed by atoms with Crippen molar-refractivity contribution in [2.24, 2.45) is 5.41 Å². The third-order valence-corrected chi connectivity index (χ3v) is 7.85. The van der Waals surface area contributed by atoms with Gasteiger partial charge in [-0.25, -0.2) is 0 Å². The van der Waals surface area contributed by atoms with E-state index in [0.717, 1.165) is 22.3 Å². The first-order valence-corrected chi connectivity index (χ1v) is 15.5. The molecule has 8 aromatic rings. The monoisotopic (exact) mass is 648 g/mol. The first kappa shape index (κ1) is 29.6. The molecule has 16 nitrogen and oxygen atoms in total. The lowest BCUT2D eigenvalue weighted by Gasteiger charge is -2.30. The highest BCUT2D eigenvalue weighted by atomic mass is 15.6. The summed E-state index contributed by atoms with van der Waals surface area (Å²) in [6.07, 6.45) is 0. The molecule has 4 heterocycles. The van der Waals surface area contributed by atoms with E-state index in [1.165, 1.54) is 0 Å². The molecule has 0 amide bonds. The average Bonchev–Trinajstić information content (AvgIpc) is 3.99. The highest BCUT2D eigenvalue weighted by Crippen LogP contribution is 2.28. The molecule has 0 atom stereocenters. The van der Waals surface area contributed by atoms with Gasteiger partial charge < -0.3 is 0 Å². The van der Waals surface area contributed by atoms with Gasteiger partial charge >= 0.3 is 0 Å². The maximum atomic E-state index is 4.75. The Hall–Kier alpha value is -6.84. The van der Waals surface area contributed by atoms with Gasteiger partial charge in [-0.2, -0.15) is 19.2 Å². The summed E-state index contributed by atoms with van der Waals surface area (Å²) < 4.78 is 0. The number of nitrogens with zero attached hydrogens (tertiary/aromatic N) is 16. The van der Waals surface area contributed by atoms with Gasteiger partial charge in [0.25, 0.3) is 0 Å². The quantitative estimate of drug-likeness (QED) is 0.189. The van der Waals surface area contributed by atoms with Crippen molar-refractivity contribution in [1.29, 1.82) is 0 Å². The number of benzene rings is 4. The lowest BCUT2D eigenvalue weighted by atomic mass is 9.88. The lowest BCUT2D eigenvalue weighted by Crippen LogP contribution is -2.42. The second kappa shape index (κ2) is 13.1. The van der Waals surface area contributed by atoms with E-state index in [1.807, 2.05) is 121 Å². The van der Waals surface area contributed by atoms with E-state index < -0.39 is 5.41 Å². The second-order valence-corrected chi connectivity index (χ2v) is 11.5. The molecule has 0 unspecified atom stereocenters. The highest BCUT2D eigenvalue weighted by Gasteiger charge is 2.38. The number of tetrazole rings is 4. The van der Waals surface area contributed by atoms with E-state index in [-0.39, 0.29) is 26.2 Å². The summed E-state index contributed by atoms with van der Waals surface area (Å²) in [5.74, 6) is 1.98. The van der Waals surface area contributed by atoms with Crippen molar-refractivity contribution >= 4 is 0 Å². The van der Waals surface area contributed by atoms with E-state index in [4.69, 9.17) is 20.4 Å². The van der Waals surface area contributed by atoms with Crippen molar-refractivity contribution in [3.05, 3.63) is 121 Å². The fraction of sp³-hybridized carbons (Fsp3) is 0.152. The van der Waals surface area contributed by atoms with E-state index in [1.54, 1.807) is 19.2 Å². The van der Waals surface area contributed by atoms with Crippen LogP contribution in [-0.2, 0) is 26.2 Å². The molecule has 16 heteroatoms. The lowest BCUT2D eigenvalue weighted by molar-refractivity contribution is 0.0849. The topological polar surface area (TPSA) is 174 Å². The van der Waals surface area contributed by atoms with Crippen molar-refractivity contribution in [3.63, 3.8) is 0 Å². The van der Waals surface area contributed by atoms with Gasteiger partial charge in [-0.3, -0.25) is 0 Å². The van der Waals surface area contributed by atoms with Crippen LogP contribution in [0.5, 0.6) is 0 Å². The number of aromatic nitrogens is 16. The van der Waals surface area contributed by atoms with Gasteiger partial charge in [0, 0.05) is 22.3 Å².